The summed E-state index contributed by atoms with van der Waals surface area (Å²) in [6, 6.07) is 4.30. The Morgan fingerprint density at radius 2 is 2.07 bits per heavy atom. The predicted octanol–water partition coefficient (Wildman–Crippen LogP) is 2.58. The molecule has 1 aliphatic heterocycles. The molecule has 0 bridgehead atoms. The third kappa shape index (κ3) is 8.45. The molecule has 1 saturated heterocycles. The lowest BCUT2D eigenvalue weighted by atomic mass is 10.0. The molecule has 2 N–H and O–H groups in total. The molecule has 0 radical (unpaired) electrons. The van der Waals surface area contributed by atoms with Gasteiger partial charge in [-0.25, -0.2) is 4.98 Å². The second-order valence-corrected chi connectivity index (χ2v) is 7.70. The lowest BCUT2D eigenvalue weighted by Crippen LogP contribution is -2.46. The highest BCUT2D eigenvalue weighted by Gasteiger charge is 2.21. The Balaban J connectivity index is 1.89. The van der Waals surface area contributed by atoms with Gasteiger partial charge in [0.2, 0.25) is 0 Å². The molecule has 1 atom stereocenters. The Morgan fingerprint density at radius 1 is 1.30 bits per heavy atom. The number of aliphatic imine (C=N–C) groups is 1. The van der Waals surface area contributed by atoms with Crippen LogP contribution in [-0.4, -0.2) is 67.8 Å². The highest BCUT2D eigenvalue weighted by Crippen LogP contribution is 2.14. The number of aromatic nitrogens is 1. The molecule has 0 amide bonds. The molecule has 27 heavy (non-hydrogen) atoms. The maximum absolute atomic E-state index is 5.84. The largest absolute Gasteiger partial charge is 0.379 e. The van der Waals surface area contributed by atoms with Gasteiger partial charge in [0, 0.05) is 38.4 Å². The second kappa shape index (κ2) is 12.2. The number of hydrogen-bond acceptors (Lipinski definition) is 4. The summed E-state index contributed by atoms with van der Waals surface area (Å²) >= 11 is 5.84. The Bertz CT molecular complexity index is 558. The maximum Gasteiger partial charge on any atom is 0.191 e. The first-order chi connectivity index (χ1) is 13.1. The van der Waals surface area contributed by atoms with Gasteiger partial charge in [0.1, 0.15) is 5.15 Å². The SMILES string of the molecule is CCNC(=NCC(CC(C)C)N1CCOCC1)NCCc1ccc(Cl)nc1. The van der Waals surface area contributed by atoms with Crippen molar-refractivity contribution in [2.45, 2.75) is 39.7 Å². The van der Waals surface area contributed by atoms with E-state index in [9.17, 15) is 0 Å². The van der Waals surface area contributed by atoms with Crippen molar-refractivity contribution in [2.24, 2.45) is 10.9 Å². The topological polar surface area (TPSA) is 61.8 Å². The number of halogens is 1. The molecule has 0 aliphatic carbocycles. The highest BCUT2D eigenvalue weighted by atomic mass is 35.5. The minimum Gasteiger partial charge on any atom is -0.379 e. The van der Waals surface area contributed by atoms with E-state index in [0.29, 0.717) is 17.1 Å². The summed E-state index contributed by atoms with van der Waals surface area (Å²) in [6.07, 6.45) is 3.86. The number of rotatable bonds is 9. The number of guanidine groups is 1. The van der Waals surface area contributed by atoms with E-state index in [0.717, 1.165) is 70.3 Å². The number of hydrogen-bond donors (Lipinski definition) is 2. The fraction of sp³-hybridized carbons (Fsp3) is 0.700. The van der Waals surface area contributed by atoms with E-state index in [1.165, 1.54) is 0 Å². The van der Waals surface area contributed by atoms with Gasteiger partial charge in [0.15, 0.2) is 5.96 Å². The zero-order chi connectivity index (χ0) is 19.5. The van der Waals surface area contributed by atoms with Crippen molar-refractivity contribution >= 4 is 17.6 Å². The van der Waals surface area contributed by atoms with E-state index in [1.54, 1.807) is 0 Å². The third-order valence-corrected chi connectivity index (χ3v) is 4.83. The lowest BCUT2D eigenvalue weighted by Gasteiger charge is -2.34. The molecular weight excluding hydrogens is 362 g/mol. The van der Waals surface area contributed by atoms with Crippen LogP contribution in [0.3, 0.4) is 0 Å². The monoisotopic (exact) mass is 395 g/mol. The number of pyridine rings is 1. The van der Waals surface area contributed by atoms with Crippen molar-refractivity contribution in [1.82, 2.24) is 20.5 Å². The standard InChI is InChI=1S/C20H34ClN5O/c1-4-22-20(23-8-7-17-5-6-19(21)24-14-17)25-15-18(13-16(2)3)26-9-11-27-12-10-26/h5-6,14,16,18H,4,7-13,15H2,1-3H3,(H2,22,23,25). The zero-order valence-electron chi connectivity index (χ0n) is 16.9. The minimum absolute atomic E-state index is 0.463. The first kappa shape index (κ1) is 21.9. The summed E-state index contributed by atoms with van der Waals surface area (Å²) in [6.45, 7) is 12.8. The third-order valence-electron chi connectivity index (χ3n) is 4.60. The van der Waals surface area contributed by atoms with E-state index < -0.39 is 0 Å². The summed E-state index contributed by atoms with van der Waals surface area (Å²) in [5.41, 5.74) is 1.16. The van der Waals surface area contributed by atoms with Gasteiger partial charge in [-0.1, -0.05) is 31.5 Å². The Hall–Kier alpha value is -1.37. The summed E-state index contributed by atoms with van der Waals surface area (Å²) in [5, 5.41) is 7.31. The first-order valence-electron chi connectivity index (χ1n) is 10.0. The molecule has 2 heterocycles. The van der Waals surface area contributed by atoms with Crippen LogP contribution in [0.15, 0.2) is 23.3 Å². The van der Waals surface area contributed by atoms with Crippen molar-refractivity contribution in [1.29, 1.82) is 0 Å². The van der Waals surface area contributed by atoms with Gasteiger partial charge in [-0.05, 0) is 37.3 Å². The highest BCUT2D eigenvalue weighted by molar-refractivity contribution is 6.29. The molecule has 0 saturated carbocycles. The van der Waals surface area contributed by atoms with E-state index in [1.807, 2.05) is 18.3 Å². The second-order valence-electron chi connectivity index (χ2n) is 7.32. The van der Waals surface area contributed by atoms with Crippen LogP contribution < -0.4 is 10.6 Å². The molecule has 0 aromatic carbocycles. The van der Waals surface area contributed by atoms with Gasteiger partial charge in [0.05, 0.1) is 19.8 Å². The van der Waals surface area contributed by atoms with Crippen LogP contribution in [0, 0.1) is 5.92 Å². The number of nitrogens with zero attached hydrogens (tertiary/aromatic N) is 3. The van der Waals surface area contributed by atoms with Gasteiger partial charge in [-0.15, -0.1) is 0 Å². The smallest absolute Gasteiger partial charge is 0.191 e. The van der Waals surface area contributed by atoms with Crippen LogP contribution in [0.1, 0.15) is 32.8 Å². The van der Waals surface area contributed by atoms with E-state index in [2.05, 4.69) is 41.3 Å². The lowest BCUT2D eigenvalue weighted by molar-refractivity contribution is 0.0143. The van der Waals surface area contributed by atoms with Crippen LogP contribution >= 0.6 is 11.6 Å². The van der Waals surface area contributed by atoms with Crippen molar-refractivity contribution in [3.05, 3.63) is 29.0 Å². The zero-order valence-corrected chi connectivity index (χ0v) is 17.6. The molecule has 2 rings (SSSR count). The van der Waals surface area contributed by atoms with Crippen LogP contribution in [0.25, 0.3) is 0 Å². The van der Waals surface area contributed by atoms with Gasteiger partial charge < -0.3 is 15.4 Å². The van der Waals surface area contributed by atoms with Gasteiger partial charge in [-0.3, -0.25) is 9.89 Å². The van der Waals surface area contributed by atoms with Gasteiger partial charge in [0.25, 0.3) is 0 Å². The average Bonchev–Trinajstić information content (AvgIpc) is 2.67. The first-order valence-corrected chi connectivity index (χ1v) is 10.4. The number of ether oxygens (including phenoxy) is 1. The Kier molecular flexibility index (Phi) is 9.87. The molecule has 0 spiro atoms. The summed E-state index contributed by atoms with van der Waals surface area (Å²) in [4.78, 5) is 11.5. The van der Waals surface area contributed by atoms with Gasteiger partial charge >= 0.3 is 0 Å². The Labute approximate surface area is 168 Å². The molecule has 1 aromatic rings. The quantitative estimate of drug-likeness (QED) is 0.382. The molecule has 152 valence electrons. The molecule has 1 fully saturated rings. The fourth-order valence-corrected chi connectivity index (χ4v) is 3.36. The Morgan fingerprint density at radius 3 is 2.70 bits per heavy atom. The van der Waals surface area contributed by atoms with Crippen LogP contribution in [-0.2, 0) is 11.2 Å². The molecule has 1 unspecified atom stereocenters. The fourth-order valence-electron chi connectivity index (χ4n) is 3.24. The van der Waals surface area contributed by atoms with Crippen LogP contribution in [0.4, 0.5) is 0 Å². The van der Waals surface area contributed by atoms with Crippen molar-refractivity contribution in [2.75, 3.05) is 45.9 Å². The molecule has 7 heteroatoms. The van der Waals surface area contributed by atoms with Crippen molar-refractivity contribution in [3.8, 4) is 0 Å². The van der Waals surface area contributed by atoms with Crippen LogP contribution in [0.2, 0.25) is 5.15 Å². The van der Waals surface area contributed by atoms with E-state index >= 15 is 0 Å². The van der Waals surface area contributed by atoms with E-state index in [4.69, 9.17) is 21.3 Å². The molecule has 1 aliphatic rings. The summed E-state index contributed by atoms with van der Waals surface area (Å²) < 4.78 is 5.51. The maximum atomic E-state index is 5.84. The predicted molar refractivity (Wildman–Crippen MR) is 113 cm³/mol. The number of morpholine rings is 1. The van der Waals surface area contributed by atoms with E-state index in [-0.39, 0.29) is 0 Å². The molecular formula is C20H34ClN5O. The minimum atomic E-state index is 0.463. The van der Waals surface area contributed by atoms with Crippen molar-refractivity contribution < 1.29 is 4.74 Å². The molecule has 6 nitrogen and oxygen atoms in total. The summed E-state index contributed by atoms with van der Waals surface area (Å²) in [7, 11) is 0. The average molecular weight is 396 g/mol. The normalized spacial score (nSPS) is 17.1. The number of nitrogens with one attached hydrogen (secondary N) is 2. The summed E-state index contributed by atoms with van der Waals surface area (Å²) in [5.74, 6) is 1.53. The molecule has 1 aromatic heterocycles. The van der Waals surface area contributed by atoms with Crippen molar-refractivity contribution in [3.63, 3.8) is 0 Å². The van der Waals surface area contributed by atoms with Crippen LogP contribution in [0.5, 0.6) is 0 Å². The van der Waals surface area contributed by atoms with Gasteiger partial charge in [-0.2, -0.15) is 0 Å².